The summed E-state index contributed by atoms with van der Waals surface area (Å²) in [6.45, 7) is 2.73. The van der Waals surface area contributed by atoms with Crippen molar-refractivity contribution in [2.75, 3.05) is 33.3 Å². The topological polar surface area (TPSA) is 87.7 Å². The molecule has 1 saturated heterocycles. The molecular weight excluding hydrogens is 378 g/mol. The Bertz CT molecular complexity index is 730. The number of sulfonamides is 1. The summed E-state index contributed by atoms with van der Waals surface area (Å²) in [5.74, 6) is 0.101. The third-order valence-electron chi connectivity index (χ3n) is 4.78. The Labute approximate surface area is 160 Å². The summed E-state index contributed by atoms with van der Waals surface area (Å²) in [5, 5.41) is 3.20. The third kappa shape index (κ3) is 4.68. The van der Waals surface area contributed by atoms with Crippen LogP contribution in [0.5, 0.6) is 5.75 Å². The van der Waals surface area contributed by atoms with E-state index in [1.54, 1.807) is 17.0 Å². The van der Waals surface area contributed by atoms with E-state index in [9.17, 15) is 13.2 Å². The second kappa shape index (κ2) is 9.03. The summed E-state index contributed by atoms with van der Waals surface area (Å²) >= 11 is 0. The van der Waals surface area contributed by atoms with Crippen LogP contribution in [-0.2, 0) is 10.0 Å². The van der Waals surface area contributed by atoms with Crippen LogP contribution in [0, 0.1) is 0 Å². The first kappa shape index (κ1) is 21.0. The number of halogens is 1. The van der Waals surface area contributed by atoms with E-state index in [1.165, 1.54) is 13.2 Å². The van der Waals surface area contributed by atoms with E-state index in [-0.39, 0.29) is 35.0 Å². The van der Waals surface area contributed by atoms with Crippen molar-refractivity contribution in [1.29, 1.82) is 0 Å². The average molecular weight is 404 g/mol. The minimum atomic E-state index is -3.73. The van der Waals surface area contributed by atoms with Crippen molar-refractivity contribution < 1.29 is 17.9 Å². The van der Waals surface area contributed by atoms with E-state index in [1.807, 2.05) is 0 Å². The lowest BCUT2D eigenvalue weighted by Gasteiger charge is -2.27. The van der Waals surface area contributed by atoms with Crippen LogP contribution in [0.25, 0.3) is 0 Å². The number of hydrogen-bond donors (Lipinski definition) is 2. The smallest absolute Gasteiger partial charge is 0.253 e. The quantitative estimate of drug-likeness (QED) is 0.775. The number of nitrogens with zero attached hydrogens (tertiary/aromatic N) is 1. The van der Waals surface area contributed by atoms with Crippen molar-refractivity contribution in [3.63, 3.8) is 0 Å². The number of amides is 1. The first-order valence-electron chi connectivity index (χ1n) is 8.71. The molecule has 7 nitrogen and oxygen atoms in total. The molecule has 1 heterocycles. The molecule has 0 aromatic heterocycles. The lowest BCUT2D eigenvalue weighted by atomic mass is 10.1. The molecule has 1 saturated carbocycles. The van der Waals surface area contributed by atoms with Crippen LogP contribution in [0.2, 0.25) is 0 Å². The van der Waals surface area contributed by atoms with Gasteiger partial charge in [0.25, 0.3) is 5.91 Å². The molecule has 1 aliphatic heterocycles. The normalized spacial score (nSPS) is 18.4. The molecule has 0 atom stereocenters. The van der Waals surface area contributed by atoms with Gasteiger partial charge in [0, 0.05) is 37.8 Å². The molecule has 2 aliphatic rings. The highest BCUT2D eigenvalue weighted by Crippen LogP contribution is 2.27. The highest BCUT2D eigenvalue weighted by molar-refractivity contribution is 7.89. The van der Waals surface area contributed by atoms with E-state index < -0.39 is 10.0 Å². The van der Waals surface area contributed by atoms with Gasteiger partial charge in [-0.05, 0) is 31.0 Å². The predicted octanol–water partition coefficient (Wildman–Crippen LogP) is 1.38. The molecule has 0 radical (unpaired) electrons. The van der Waals surface area contributed by atoms with Gasteiger partial charge in [-0.1, -0.05) is 12.8 Å². The largest absolute Gasteiger partial charge is 0.495 e. The first-order chi connectivity index (χ1) is 12.0. The Hall–Kier alpha value is -1.35. The number of carbonyl (C=O) groups excluding carboxylic acids is 1. The van der Waals surface area contributed by atoms with E-state index in [2.05, 4.69) is 10.0 Å². The molecule has 0 unspecified atom stereocenters. The predicted molar refractivity (Wildman–Crippen MR) is 102 cm³/mol. The summed E-state index contributed by atoms with van der Waals surface area (Å²) in [6.07, 6.45) is 3.76. The highest BCUT2D eigenvalue weighted by Gasteiger charge is 2.27. The summed E-state index contributed by atoms with van der Waals surface area (Å²) in [6, 6.07) is 4.57. The second-order valence-electron chi connectivity index (χ2n) is 6.51. The molecule has 1 aromatic rings. The lowest BCUT2D eigenvalue weighted by molar-refractivity contribution is 0.0735. The molecule has 2 fully saturated rings. The molecule has 0 spiro atoms. The highest BCUT2D eigenvalue weighted by atomic mass is 35.5. The average Bonchev–Trinajstić information content (AvgIpc) is 3.13. The fourth-order valence-electron chi connectivity index (χ4n) is 3.40. The van der Waals surface area contributed by atoms with Gasteiger partial charge in [-0.2, -0.15) is 0 Å². The zero-order chi connectivity index (χ0) is 17.9. The van der Waals surface area contributed by atoms with Gasteiger partial charge in [0.15, 0.2) is 0 Å². The maximum atomic E-state index is 12.8. The molecular formula is C17H26ClN3O4S. The molecule has 1 aromatic carbocycles. The van der Waals surface area contributed by atoms with Crippen molar-refractivity contribution in [3.05, 3.63) is 23.8 Å². The molecule has 1 amide bonds. The van der Waals surface area contributed by atoms with Crippen LogP contribution in [0.4, 0.5) is 0 Å². The number of nitrogens with one attached hydrogen (secondary N) is 2. The van der Waals surface area contributed by atoms with Gasteiger partial charge in [0.1, 0.15) is 10.6 Å². The fraction of sp³-hybridized carbons (Fsp3) is 0.588. The van der Waals surface area contributed by atoms with Crippen LogP contribution < -0.4 is 14.8 Å². The van der Waals surface area contributed by atoms with Crippen LogP contribution in [0.15, 0.2) is 23.1 Å². The maximum Gasteiger partial charge on any atom is 0.253 e. The molecule has 1 aliphatic carbocycles. The minimum Gasteiger partial charge on any atom is -0.495 e. The van der Waals surface area contributed by atoms with E-state index in [0.717, 1.165) is 38.8 Å². The van der Waals surface area contributed by atoms with Gasteiger partial charge in [0.2, 0.25) is 10.0 Å². The van der Waals surface area contributed by atoms with Crippen molar-refractivity contribution in [3.8, 4) is 5.75 Å². The van der Waals surface area contributed by atoms with Gasteiger partial charge >= 0.3 is 0 Å². The zero-order valence-electron chi connectivity index (χ0n) is 14.9. The van der Waals surface area contributed by atoms with Crippen LogP contribution in [-0.4, -0.2) is 58.6 Å². The van der Waals surface area contributed by atoms with Gasteiger partial charge < -0.3 is 15.0 Å². The number of rotatable bonds is 5. The Morgan fingerprint density at radius 3 is 2.50 bits per heavy atom. The molecule has 26 heavy (non-hydrogen) atoms. The van der Waals surface area contributed by atoms with E-state index in [0.29, 0.717) is 18.7 Å². The molecule has 3 rings (SSSR count). The summed E-state index contributed by atoms with van der Waals surface area (Å²) in [7, 11) is -2.30. The van der Waals surface area contributed by atoms with Gasteiger partial charge in [0.05, 0.1) is 7.11 Å². The SMILES string of the molecule is COc1ccc(C(=O)N2CCNCC2)cc1S(=O)(=O)NC1CCCC1.Cl. The summed E-state index contributed by atoms with van der Waals surface area (Å²) in [5.41, 5.74) is 0.370. The van der Waals surface area contributed by atoms with Crippen LogP contribution >= 0.6 is 12.4 Å². The lowest BCUT2D eigenvalue weighted by Crippen LogP contribution is -2.46. The third-order valence-corrected chi connectivity index (χ3v) is 6.32. The van der Waals surface area contributed by atoms with E-state index in [4.69, 9.17) is 4.74 Å². The second-order valence-corrected chi connectivity index (χ2v) is 8.19. The summed E-state index contributed by atoms with van der Waals surface area (Å²) < 4.78 is 33.6. The Balaban J connectivity index is 0.00000243. The van der Waals surface area contributed by atoms with Crippen molar-refractivity contribution in [2.24, 2.45) is 0 Å². The number of ether oxygens (including phenoxy) is 1. The Kier molecular flexibility index (Phi) is 7.28. The minimum absolute atomic E-state index is 0. The van der Waals surface area contributed by atoms with Gasteiger partial charge in [-0.25, -0.2) is 13.1 Å². The van der Waals surface area contributed by atoms with E-state index >= 15 is 0 Å². The van der Waals surface area contributed by atoms with Gasteiger partial charge in [-0.15, -0.1) is 12.4 Å². The molecule has 0 bridgehead atoms. The molecule has 146 valence electrons. The van der Waals surface area contributed by atoms with Crippen LogP contribution in [0.3, 0.4) is 0 Å². The Morgan fingerprint density at radius 2 is 1.88 bits per heavy atom. The summed E-state index contributed by atoms with van der Waals surface area (Å²) in [4.78, 5) is 14.4. The standard InChI is InChI=1S/C17H25N3O4S.ClH/c1-24-15-7-6-13(17(21)20-10-8-18-9-11-20)12-16(15)25(22,23)19-14-4-2-3-5-14;/h6-7,12,14,18-19H,2-5,8-11H2,1H3;1H. The molecule has 2 N–H and O–H groups in total. The van der Waals surface area contributed by atoms with Crippen molar-refractivity contribution >= 4 is 28.3 Å². The number of carbonyl (C=O) groups is 1. The van der Waals surface area contributed by atoms with Crippen LogP contribution in [0.1, 0.15) is 36.0 Å². The van der Waals surface area contributed by atoms with Crippen molar-refractivity contribution in [2.45, 2.75) is 36.6 Å². The number of piperazine rings is 1. The first-order valence-corrected chi connectivity index (χ1v) is 10.2. The van der Waals surface area contributed by atoms with Gasteiger partial charge in [-0.3, -0.25) is 4.79 Å². The number of benzene rings is 1. The number of hydrogen-bond acceptors (Lipinski definition) is 5. The Morgan fingerprint density at radius 1 is 1.23 bits per heavy atom. The molecule has 9 heteroatoms. The monoisotopic (exact) mass is 403 g/mol. The maximum absolute atomic E-state index is 12.8. The zero-order valence-corrected chi connectivity index (χ0v) is 16.5. The number of methoxy groups -OCH3 is 1. The van der Waals surface area contributed by atoms with Crippen molar-refractivity contribution in [1.82, 2.24) is 14.9 Å². The fourth-order valence-corrected chi connectivity index (χ4v) is 4.90.